The summed E-state index contributed by atoms with van der Waals surface area (Å²) in [5.41, 5.74) is 2.68. The van der Waals surface area contributed by atoms with Crippen molar-refractivity contribution < 1.29 is 19.4 Å². The van der Waals surface area contributed by atoms with E-state index in [0.717, 1.165) is 34.3 Å². The largest absolute Gasteiger partial charge is 0.493 e. The van der Waals surface area contributed by atoms with Crippen LogP contribution in [-0.2, 0) is 17.6 Å². The zero-order valence-electron chi connectivity index (χ0n) is 14.3. The van der Waals surface area contributed by atoms with Crippen LogP contribution in [0.15, 0.2) is 42.6 Å². The lowest BCUT2D eigenvalue weighted by Gasteiger charge is -2.09. The molecule has 6 nitrogen and oxygen atoms in total. The molecule has 2 amide bonds. The number of aliphatic hydroxyl groups excluding tert-OH is 1. The summed E-state index contributed by atoms with van der Waals surface area (Å²) in [5.74, 6) is 0.517. The standard InChI is InChI=1S/C19H20N2O4S/c1-12(22)14-4-5-15(20-11-14)8-9-25-16-6-2-13(3-7-16)10-17-18(23)21-19(24)26-17/h2-7,11-12,17,22H,8-10H2,1H3,(H,21,23,24)/t12-,17-/m0/s1. The maximum atomic E-state index is 11.6. The first-order chi connectivity index (χ1) is 12.5. The molecule has 2 N–H and O–H groups in total. The number of thioether (sulfide) groups is 1. The fourth-order valence-corrected chi connectivity index (χ4v) is 3.43. The highest BCUT2D eigenvalue weighted by Crippen LogP contribution is 2.24. The van der Waals surface area contributed by atoms with Crippen molar-refractivity contribution in [1.82, 2.24) is 10.3 Å². The molecule has 0 spiro atoms. The number of rotatable bonds is 7. The van der Waals surface area contributed by atoms with Crippen molar-refractivity contribution in [3.8, 4) is 5.75 Å². The van der Waals surface area contributed by atoms with E-state index in [1.54, 1.807) is 13.1 Å². The molecule has 3 rings (SSSR count). The van der Waals surface area contributed by atoms with Gasteiger partial charge in [-0.1, -0.05) is 30.0 Å². The minimum Gasteiger partial charge on any atom is -0.493 e. The average Bonchev–Trinajstić information content (AvgIpc) is 2.94. The van der Waals surface area contributed by atoms with E-state index < -0.39 is 6.10 Å². The molecule has 1 fully saturated rings. The van der Waals surface area contributed by atoms with E-state index in [4.69, 9.17) is 4.74 Å². The molecule has 1 aliphatic rings. The van der Waals surface area contributed by atoms with E-state index in [2.05, 4.69) is 10.3 Å². The molecule has 1 aromatic carbocycles. The van der Waals surface area contributed by atoms with Gasteiger partial charge in [0.05, 0.1) is 18.0 Å². The van der Waals surface area contributed by atoms with Crippen LogP contribution in [-0.4, -0.2) is 33.1 Å². The molecule has 1 aliphatic heterocycles. The first-order valence-corrected chi connectivity index (χ1v) is 9.25. The van der Waals surface area contributed by atoms with Crippen LogP contribution in [0.1, 0.15) is 29.8 Å². The first-order valence-electron chi connectivity index (χ1n) is 8.37. The third-order valence-corrected chi connectivity index (χ3v) is 5.05. The predicted octanol–water partition coefficient (Wildman–Crippen LogP) is 2.65. The molecule has 0 aliphatic carbocycles. The number of hydrogen-bond donors (Lipinski definition) is 2. The van der Waals surface area contributed by atoms with E-state index in [1.807, 2.05) is 36.4 Å². The number of ether oxygens (including phenoxy) is 1. The number of amides is 2. The SMILES string of the molecule is C[C@H](O)c1ccc(CCOc2ccc(C[C@@H]3SC(=O)NC3=O)cc2)nc1. The smallest absolute Gasteiger partial charge is 0.286 e. The predicted molar refractivity (Wildman–Crippen MR) is 99.1 cm³/mol. The highest BCUT2D eigenvalue weighted by Gasteiger charge is 2.31. The molecule has 136 valence electrons. The molecule has 0 bridgehead atoms. The average molecular weight is 372 g/mol. The highest BCUT2D eigenvalue weighted by molar-refractivity contribution is 8.15. The summed E-state index contributed by atoms with van der Waals surface area (Å²) in [6, 6.07) is 11.3. The summed E-state index contributed by atoms with van der Waals surface area (Å²) in [6.07, 6.45) is 2.35. The maximum Gasteiger partial charge on any atom is 0.286 e. The van der Waals surface area contributed by atoms with Crippen molar-refractivity contribution in [1.29, 1.82) is 0 Å². The molecule has 7 heteroatoms. The summed E-state index contributed by atoms with van der Waals surface area (Å²) < 4.78 is 5.72. The van der Waals surface area contributed by atoms with Gasteiger partial charge in [-0.05, 0) is 42.7 Å². The molecule has 0 saturated carbocycles. The summed E-state index contributed by atoms with van der Waals surface area (Å²) in [4.78, 5) is 27.1. The molecule has 2 aromatic rings. The minimum atomic E-state index is -0.516. The zero-order chi connectivity index (χ0) is 18.5. The molecular formula is C19H20N2O4S. The third kappa shape index (κ3) is 4.83. The Balaban J connectivity index is 1.47. The third-order valence-electron chi connectivity index (χ3n) is 4.07. The Hall–Kier alpha value is -2.38. The van der Waals surface area contributed by atoms with E-state index in [9.17, 15) is 14.7 Å². The normalized spacial score (nSPS) is 17.8. The van der Waals surface area contributed by atoms with Crippen molar-refractivity contribution >= 4 is 22.9 Å². The van der Waals surface area contributed by atoms with Gasteiger partial charge < -0.3 is 9.84 Å². The van der Waals surface area contributed by atoms with Gasteiger partial charge in [-0.2, -0.15) is 0 Å². The lowest BCUT2D eigenvalue weighted by Crippen LogP contribution is -2.25. The second kappa shape index (κ2) is 8.33. The number of nitrogens with one attached hydrogen (secondary N) is 1. The fraction of sp³-hybridized carbons (Fsp3) is 0.316. The van der Waals surface area contributed by atoms with Crippen molar-refractivity contribution in [2.24, 2.45) is 0 Å². The van der Waals surface area contributed by atoms with Gasteiger partial charge in [0.2, 0.25) is 5.91 Å². The van der Waals surface area contributed by atoms with Crippen LogP contribution in [0.4, 0.5) is 4.79 Å². The number of hydrogen-bond acceptors (Lipinski definition) is 6. The van der Waals surface area contributed by atoms with Crippen LogP contribution in [0.3, 0.4) is 0 Å². The number of aromatic nitrogens is 1. The topological polar surface area (TPSA) is 88.5 Å². The van der Waals surface area contributed by atoms with Crippen molar-refractivity contribution in [2.45, 2.75) is 31.1 Å². The van der Waals surface area contributed by atoms with Crippen LogP contribution < -0.4 is 10.1 Å². The van der Waals surface area contributed by atoms with Crippen molar-refractivity contribution in [3.05, 3.63) is 59.4 Å². The maximum absolute atomic E-state index is 11.6. The van der Waals surface area contributed by atoms with Gasteiger partial charge in [-0.25, -0.2) is 0 Å². The molecule has 26 heavy (non-hydrogen) atoms. The molecule has 0 unspecified atom stereocenters. The van der Waals surface area contributed by atoms with Crippen LogP contribution in [0.2, 0.25) is 0 Å². The van der Waals surface area contributed by atoms with Gasteiger partial charge in [0, 0.05) is 18.3 Å². The Morgan fingerprint density at radius 2 is 2.00 bits per heavy atom. The van der Waals surface area contributed by atoms with Gasteiger partial charge in [-0.3, -0.25) is 19.9 Å². The highest BCUT2D eigenvalue weighted by atomic mass is 32.2. The number of nitrogens with zero attached hydrogens (tertiary/aromatic N) is 1. The Kier molecular flexibility index (Phi) is 5.90. The second-order valence-corrected chi connectivity index (χ2v) is 7.26. The molecule has 2 atom stereocenters. The van der Waals surface area contributed by atoms with Crippen LogP contribution >= 0.6 is 11.8 Å². The monoisotopic (exact) mass is 372 g/mol. The Bertz CT molecular complexity index is 775. The van der Waals surface area contributed by atoms with Gasteiger partial charge in [-0.15, -0.1) is 0 Å². The Morgan fingerprint density at radius 3 is 2.58 bits per heavy atom. The molecule has 2 heterocycles. The minimum absolute atomic E-state index is 0.227. The summed E-state index contributed by atoms with van der Waals surface area (Å²) in [7, 11) is 0. The van der Waals surface area contributed by atoms with Gasteiger partial charge in [0.25, 0.3) is 5.24 Å². The van der Waals surface area contributed by atoms with E-state index in [1.165, 1.54) is 0 Å². The van der Waals surface area contributed by atoms with Gasteiger partial charge >= 0.3 is 0 Å². The first kappa shape index (κ1) is 18.4. The molecule has 0 radical (unpaired) electrons. The van der Waals surface area contributed by atoms with Crippen LogP contribution in [0.5, 0.6) is 5.75 Å². The number of imide groups is 1. The zero-order valence-corrected chi connectivity index (χ0v) is 15.2. The molecule has 1 aromatic heterocycles. The van der Waals surface area contributed by atoms with Gasteiger partial charge in [0.15, 0.2) is 0 Å². The van der Waals surface area contributed by atoms with Crippen LogP contribution in [0.25, 0.3) is 0 Å². The lowest BCUT2D eigenvalue weighted by atomic mass is 10.1. The number of carbonyl (C=O) groups is 2. The van der Waals surface area contributed by atoms with E-state index in [0.29, 0.717) is 19.4 Å². The van der Waals surface area contributed by atoms with Crippen molar-refractivity contribution in [2.75, 3.05) is 6.61 Å². The number of pyridine rings is 1. The van der Waals surface area contributed by atoms with E-state index in [-0.39, 0.29) is 16.4 Å². The Labute approximate surface area is 156 Å². The number of carbonyl (C=O) groups excluding carboxylic acids is 2. The second-order valence-electron chi connectivity index (χ2n) is 6.09. The quantitative estimate of drug-likeness (QED) is 0.777. The summed E-state index contributed by atoms with van der Waals surface area (Å²) >= 11 is 1.03. The number of benzene rings is 1. The Morgan fingerprint density at radius 1 is 1.23 bits per heavy atom. The summed E-state index contributed by atoms with van der Waals surface area (Å²) in [5, 5.41) is 11.1. The molecular weight excluding hydrogens is 352 g/mol. The number of aliphatic hydroxyl groups is 1. The summed E-state index contributed by atoms with van der Waals surface area (Å²) in [6.45, 7) is 2.20. The fourth-order valence-electron chi connectivity index (χ4n) is 2.57. The van der Waals surface area contributed by atoms with Crippen LogP contribution in [0, 0.1) is 0 Å². The van der Waals surface area contributed by atoms with Crippen molar-refractivity contribution in [3.63, 3.8) is 0 Å². The van der Waals surface area contributed by atoms with E-state index >= 15 is 0 Å². The van der Waals surface area contributed by atoms with Gasteiger partial charge in [0.1, 0.15) is 5.75 Å². The lowest BCUT2D eigenvalue weighted by molar-refractivity contribution is -0.118. The molecule has 1 saturated heterocycles.